The first-order chi connectivity index (χ1) is 7.31. The Labute approximate surface area is 96.5 Å². The van der Waals surface area contributed by atoms with Gasteiger partial charge in [0.25, 0.3) is 0 Å². The molecule has 15 heavy (non-hydrogen) atoms. The fourth-order valence-corrected chi connectivity index (χ4v) is 2.40. The van der Waals surface area contributed by atoms with Crippen LogP contribution >= 0.6 is 22.9 Å². The summed E-state index contributed by atoms with van der Waals surface area (Å²) >= 11 is 7.54. The first-order valence-corrected chi connectivity index (χ1v) is 5.70. The van der Waals surface area contributed by atoms with Gasteiger partial charge >= 0.3 is 0 Å². The molecule has 0 aliphatic rings. The Bertz CT molecular complexity index is 481. The molecule has 0 aliphatic carbocycles. The average molecular weight is 238 g/mol. The zero-order valence-electron chi connectivity index (χ0n) is 7.81. The van der Waals surface area contributed by atoms with E-state index < -0.39 is 0 Å². The standard InChI is InChI=1S/C11H8ClNOS/c12-10-4-2-1-3-9(10)11-13-8(5-6-14)7-15-11/h1-4,6-7H,5H2. The van der Waals surface area contributed by atoms with Gasteiger partial charge in [0.15, 0.2) is 0 Å². The highest BCUT2D eigenvalue weighted by molar-refractivity contribution is 7.13. The van der Waals surface area contributed by atoms with Gasteiger partial charge in [0.1, 0.15) is 11.3 Å². The number of rotatable bonds is 3. The van der Waals surface area contributed by atoms with E-state index in [2.05, 4.69) is 4.98 Å². The third kappa shape index (κ3) is 2.25. The molecule has 76 valence electrons. The van der Waals surface area contributed by atoms with Crippen molar-refractivity contribution in [3.05, 3.63) is 40.4 Å². The normalized spacial score (nSPS) is 10.2. The van der Waals surface area contributed by atoms with Crippen LogP contribution < -0.4 is 0 Å². The third-order valence-corrected chi connectivity index (χ3v) is 3.20. The van der Waals surface area contributed by atoms with Crippen molar-refractivity contribution in [1.29, 1.82) is 0 Å². The summed E-state index contributed by atoms with van der Waals surface area (Å²) in [5.41, 5.74) is 1.71. The number of aldehydes is 1. The number of benzene rings is 1. The van der Waals surface area contributed by atoms with E-state index in [4.69, 9.17) is 11.6 Å². The van der Waals surface area contributed by atoms with Crippen LogP contribution in [0.1, 0.15) is 5.69 Å². The highest BCUT2D eigenvalue weighted by Crippen LogP contribution is 2.29. The Morgan fingerprint density at radius 3 is 2.93 bits per heavy atom. The Morgan fingerprint density at radius 1 is 1.40 bits per heavy atom. The van der Waals surface area contributed by atoms with Crippen molar-refractivity contribution < 1.29 is 4.79 Å². The minimum atomic E-state index is 0.362. The molecular weight excluding hydrogens is 230 g/mol. The molecule has 0 N–H and O–H groups in total. The van der Waals surface area contributed by atoms with Crippen molar-refractivity contribution in [2.45, 2.75) is 6.42 Å². The molecule has 0 bridgehead atoms. The van der Waals surface area contributed by atoms with E-state index >= 15 is 0 Å². The van der Waals surface area contributed by atoms with Crippen LogP contribution in [0.2, 0.25) is 5.02 Å². The molecule has 0 spiro atoms. The topological polar surface area (TPSA) is 30.0 Å². The maximum absolute atomic E-state index is 10.3. The number of halogens is 1. The average Bonchev–Trinajstić information content (AvgIpc) is 2.68. The number of hydrogen-bond acceptors (Lipinski definition) is 3. The van der Waals surface area contributed by atoms with Crippen LogP contribution in [0.3, 0.4) is 0 Å². The van der Waals surface area contributed by atoms with Crippen molar-refractivity contribution in [3.8, 4) is 10.6 Å². The molecule has 2 rings (SSSR count). The van der Waals surface area contributed by atoms with Gasteiger partial charge < -0.3 is 4.79 Å². The van der Waals surface area contributed by atoms with Gasteiger partial charge in [-0.3, -0.25) is 0 Å². The van der Waals surface area contributed by atoms with Crippen LogP contribution in [-0.4, -0.2) is 11.3 Å². The van der Waals surface area contributed by atoms with Crippen molar-refractivity contribution >= 4 is 29.2 Å². The smallest absolute Gasteiger partial charge is 0.125 e. The van der Waals surface area contributed by atoms with E-state index in [1.807, 2.05) is 29.6 Å². The summed E-state index contributed by atoms with van der Waals surface area (Å²) in [6.07, 6.45) is 1.21. The summed E-state index contributed by atoms with van der Waals surface area (Å²) in [6, 6.07) is 7.55. The molecule has 0 saturated carbocycles. The quantitative estimate of drug-likeness (QED) is 0.768. The molecule has 2 nitrogen and oxygen atoms in total. The SMILES string of the molecule is O=CCc1csc(-c2ccccc2Cl)n1. The monoisotopic (exact) mass is 237 g/mol. The van der Waals surface area contributed by atoms with Crippen LogP contribution in [-0.2, 0) is 11.2 Å². The van der Waals surface area contributed by atoms with E-state index in [0.717, 1.165) is 22.6 Å². The van der Waals surface area contributed by atoms with Crippen molar-refractivity contribution in [1.82, 2.24) is 4.98 Å². The minimum absolute atomic E-state index is 0.362. The molecule has 0 amide bonds. The van der Waals surface area contributed by atoms with Gasteiger partial charge in [-0.25, -0.2) is 4.98 Å². The summed E-state index contributed by atoms with van der Waals surface area (Å²) < 4.78 is 0. The van der Waals surface area contributed by atoms with E-state index in [-0.39, 0.29) is 0 Å². The Hall–Kier alpha value is -1.19. The number of carbonyl (C=O) groups is 1. The molecule has 0 atom stereocenters. The highest BCUT2D eigenvalue weighted by atomic mass is 35.5. The number of aromatic nitrogens is 1. The number of carbonyl (C=O) groups excluding carboxylic acids is 1. The lowest BCUT2D eigenvalue weighted by atomic mass is 10.2. The lowest BCUT2D eigenvalue weighted by Gasteiger charge is -1.97. The molecule has 4 heteroatoms. The van der Waals surface area contributed by atoms with Crippen LogP contribution in [0.4, 0.5) is 0 Å². The minimum Gasteiger partial charge on any atom is -0.303 e. The van der Waals surface area contributed by atoms with Crippen molar-refractivity contribution in [2.75, 3.05) is 0 Å². The predicted molar refractivity (Wildman–Crippen MR) is 62.3 cm³/mol. The predicted octanol–water partition coefficient (Wildman–Crippen LogP) is 3.20. The summed E-state index contributed by atoms with van der Waals surface area (Å²) in [7, 11) is 0. The van der Waals surface area contributed by atoms with Crippen molar-refractivity contribution in [3.63, 3.8) is 0 Å². The molecule has 2 aromatic rings. The maximum atomic E-state index is 10.3. The second kappa shape index (κ2) is 4.55. The fourth-order valence-electron chi connectivity index (χ4n) is 1.24. The molecule has 0 aliphatic heterocycles. The van der Waals surface area contributed by atoms with Gasteiger partial charge in [-0.1, -0.05) is 29.8 Å². The van der Waals surface area contributed by atoms with E-state index in [9.17, 15) is 4.79 Å². The summed E-state index contributed by atoms with van der Waals surface area (Å²) in [5, 5.41) is 3.43. The fraction of sp³-hybridized carbons (Fsp3) is 0.0909. The lowest BCUT2D eigenvalue weighted by molar-refractivity contribution is -0.107. The van der Waals surface area contributed by atoms with Gasteiger partial charge in [0.05, 0.1) is 10.7 Å². The molecule has 1 heterocycles. The van der Waals surface area contributed by atoms with Crippen LogP contribution in [0, 0.1) is 0 Å². The van der Waals surface area contributed by atoms with Gasteiger partial charge in [0.2, 0.25) is 0 Å². The van der Waals surface area contributed by atoms with E-state index in [1.54, 1.807) is 0 Å². The number of hydrogen-bond donors (Lipinski definition) is 0. The Kier molecular flexibility index (Phi) is 3.14. The van der Waals surface area contributed by atoms with Gasteiger partial charge in [-0.2, -0.15) is 0 Å². The van der Waals surface area contributed by atoms with Crippen LogP contribution in [0.15, 0.2) is 29.6 Å². The van der Waals surface area contributed by atoms with Crippen LogP contribution in [0.25, 0.3) is 10.6 Å². The molecule has 0 unspecified atom stereocenters. The van der Waals surface area contributed by atoms with E-state index in [1.165, 1.54) is 11.3 Å². The van der Waals surface area contributed by atoms with E-state index in [0.29, 0.717) is 11.4 Å². The maximum Gasteiger partial charge on any atom is 0.125 e. The molecule has 1 aromatic carbocycles. The number of thiazole rings is 1. The van der Waals surface area contributed by atoms with Gasteiger partial charge in [-0.15, -0.1) is 11.3 Å². The zero-order chi connectivity index (χ0) is 10.7. The highest BCUT2D eigenvalue weighted by Gasteiger charge is 2.07. The van der Waals surface area contributed by atoms with Gasteiger partial charge in [-0.05, 0) is 6.07 Å². The van der Waals surface area contributed by atoms with Gasteiger partial charge in [0, 0.05) is 17.4 Å². The number of nitrogens with zero attached hydrogens (tertiary/aromatic N) is 1. The third-order valence-electron chi connectivity index (χ3n) is 1.95. The molecule has 1 aromatic heterocycles. The lowest BCUT2D eigenvalue weighted by Crippen LogP contribution is -1.85. The second-order valence-corrected chi connectivity index (χ2v) is 4.26. The second-order valence-electron chi connectivity index (χ2n) is 2.99. The first-order valence-electron chi connectivity index (χ1n) is 4.44. The molecular formula is C11H8ClNOS. The van der Waals surface area contributed by atoms with Crippen molar-refractivity contribution in [2.24, 2.45) is 0 Å². The Morgan fingerprint density at radius 2 is 2.20 bits per heavy atom. The zero-order valence-corrected chi connectivity index (χ0v) is 9.39. The Balaban J connectivity index is 2.37. The first kappa shape index (κ1) is 10.3. The summed E-state index contributed by atoms with van der Waals surface area (Å²) in [6.45, 7) is 0. The summed E-state index contributed by atoms with van der Waals surface area (Å²) in [5.74, 6) is 0. The largest absolute Gasteiger partial charge is 0.303 e. The molecule has 0 saturated heterocycles. The summed E-state index contributed by atoms with van der Waals surface area (Å²) in [4.78, 5) is 14.7. The van der Waals surface area contributed by atoms with Crippen LogP contribution in [0.5, 0.6) is 0 Å². The molecule has 0 radical (unpaired) electrons. The molecule has 0 fully saturated rings.